The van der Waals surface area contributed by atoms with E-state index in [1.54, 1.807) is 4.90 Å². The highest BCUT2D eigenvalue weighted by Crippen LogP contribution is 2.19. The molecular weight excluding hydrogens is 386 g/mol. The van der Waals surface area contributed by atoms with Crippen LogP contribution < -0.4 is 10.0 Å². The first kappa shape index (κ1) is 22.3. The average molecular weight is 416 g/mol. The maximum atomic E-state index is 12.6. The van der Waals surface area contributed by atoms with Gasteiger partial charge in [-0.15, -0.1) is 0 Å². The molecule has 1 aliphatic rings. The van der Waals surface area contributed by atoms with Crippen LogP contribution in [0.15, 0.2) is 9.42 Å². The third kappa shape index (κ3) is 5.52. The van der Waals surface area contributed by atoms with Crippen LogP contribution in [0.25, 0.3) is 0 Å². The van der Waals surface area contributed by atoms with Gasteiger partial charge in [-0.2, -0.15) is 4.72 Å². The lowest BCUT2D eigenvalue weighted by Gasteiger charge is -2.35. The molecule has 2 N–H and O–H groups in total. The number of hydrogen-bond donors (Lipinski definition) is 2. The van der Waals surface area contributed by atoms with Gasteiger partial charge < -0.3 is 14.7 Å². The van der Waals surface area contributed by atoms with Gasteiger partial charge in [0.05, 0.1) is 12.6 Å². The number of nitrogens with one attached hydrogen (secondary N) is 2. The van der Waals surface area contributed by atoms with Crippen LogP contribution >= 0.6 is 0 Å². The topological polar surface area (TPSA) is 125 Å². The molecule has 11 heteroatoms. The van der Waals surface area contributed by atoms with E-state index in [0.717, 1.165) is 6.42 Å². The predicted octanol–water partition coefficient (Wildman–Crippen LogP) is -0.371. The van der Waals surface area contributed by atoms with Gasteiger partial charge in [0.2, 0.25) is 21.8 Å². The minimum atomic E-state index is -3.91. The highest BCUT2D eigenvalue weighted by atomic mass is 32.2. The maximum absolute atomic E-state index is 12.6. The molecule has 0 aliphatic carbocycles. The molecule has 10 nitrogen and oxygen atoms in total. The van der Waals surface area contributed by atoms with Crippen molar-refractivity contribution in [3.8, 4) is 0 Å². The second kappa shape index (κ2) is 9.48. The molecule has 0 unspecified atom stereocenters. The Hall–Kier alpha value is -1.98. The van der Waals surface area contributed by atoms with E-state index in [-0.39, 0.29) is 28.2 Å². The molecule has 0 saturated carbocycles. The van der Waals surface area contributed by atoms with Crippen LogP contribution in [0.5, 0.6) is 0 Å². The maximum Gasteiger partial charge on any atom is 0.246 e. The Morgan fingerprint density at radius 3 is 2.39 bits per heavy atom. The molecule has 1 atom stereocenters. The summed E-state index contributed by atoms with van der Waals surface area (Å²) in [6.07, 6.45) is 0.885. The largest absolute Gasteiger partial charge is 0.360 e. The van der Waals surface area contributed by atoms with Crippen molar-refractivity contribution in [3.63, 3.8) is 0 Å². The van der Waals surface area contributed by atoms with Crippen LogP contribution in [0.2, 0.25) is 0 Å². The van der Waals surface area contributed by atoms with Crippen molar-refractivity contribution in [2.45, 2.75) is 45.1 Å². The van der Waals surface area contributed by atoms with Crippen LogP contribution in [0.1, 0.15) is 31.7 Å². The van der Waals surface area contributed by atoms with Gasteiger partial charge in [-0.1, -0.05) is 12.1 Å². The molecule has 0 aromatic carbocycles. The fraction of sp³-hybridized carbons (Fsp3) is 0.706. The number of sulfonamides is 1. The summed E-state index contributed by atoms with van der Waals surface area (Å²) in [4.78, 5) is 28.0. The number of aryl methyl sites for hydroxylation is 2. The fourth-order valence-electron chi connectivity index (χ4n) is 3.12. The summed E-state index contributed by atoms with van der Waals surface area (Å²) in [6, 6.07) is -0.918. The Morgan fingerprint density at radius 2 is 1.86 bits per heavy atom. The summed E-state index contributed by atoms with van der Waals surface area (Å²) < 4.78 is 32.4. The summed E-state index contributed by atoms with van der Waals surface area (Å²) in [6.45, 7) is 9.52. The van der Waals surface area contributed by atoms with E-state index in [2.05, 4.69) is 15.2 Å². The molecular formula is C17H29N5O5S. The zero-order chi connectivity index (χ0) is 20.9. The SMILES string of the molecule is CCCNC(=O)CN1CCN(C(=O)[C@H](C)NS(=O)(=O)c2c(C)noc2C)CC1. The third-order valence-corrected chi connectivity index (χ3v) is 6.35. The van der Waals surface area contributed by atoms with E-state index in [4.69, 9.17) is 4.52 Å². The number of hydrogen-bond acceptors (Lipinski definition) is 7. The lowest BCUT2D eigenvalue weighted by molar-refractivity contribution is -0.134. The quantitative estimate of drug-likeness (QED) is 0.593. The normalized spacial score (nSPS) is 16.8. The molecule has 1 aliphatic heterocycles. The second-order valence-corrected chi connectivity index (χ2v) is 8.60. The first-order valence-corrected chi connectivity index (χ1v) is 10.9. The lowest BCUT2D eigenvalue weighted by atomic mass is 10.2. The number of carbonyl (C=O) groups excluding carboxylic acids is 2. The van der Waals surface area contributed by atoms with Crippen LogP contribution in [-0.4, -0.2) is 80.5 Å². The molecule has 158 valence electrons. The van der Waals surface area contributed by atoms with Gasteiger partial charge in [-0.25, -0.2) is 8.42 Å². The molecule has 0 spiro atoms. The van der Waals surface area contributed by atoms with Crippen LogP contribution in [0.3, 0.4) is 0 Å². The van der Waals surface area contributed by atoms with Crippen molar-refractivity contribution in [2.24, 2.45) is 0 Å². The van der Waals surface area contributed by atoms with Crippen molar-refractivity contribution in [1.29, 1.82) is 0 Å². The van der Waals surface area contributed by atoms with E-state index < -0.39 is 16.1 Å². The number of amides is 2. The molecule has 0 radical (unpaired) electrons. The first-order chi connectivity index (χ1) is 13.2. The van der Waals surface area contributed by atoms with E-state index in [0.29, 0.717) is 39.3 Å². The summed E-state index contributed by atoms with van der Waals surface area (Å²) in [7, 11) is -3.91. The Bertz CT molecular complexity index is 779. The van der Waals surface area contributed by atoms with Gasteiger partial charge in [-0.3, -0.25) is 14.5 Å². The summed E-state index contributed by atoms with van der Waals surface area (Å²) >= 11 is 0. The first-order valence-electron chi connectivity index (χ1n) is 9.38. The Morgan fingerprint density at radius 1 is 1.21 bits per heavy atom. The third-order valence-electron chi connectivity index (χ3n) is 4.56. The molecule has 1 fully saturated rings. The summed E-state index contributed by atoms with van der Waals surface area (Å²) in [5.74, 6) is -0.146. The molecule has 1 aromatic heterocycles. The van der Waals surface area contributed by atoms with E-state index >= 15 is 0 Å². The van der Waals surface area contributed by atoms with Gasteiger partial charge in [0.25, 0.3) is 0 Å². The fourth-order valence-corrected chi connectivity index (χ4v) is 4.65. The van der Waals surface area contributed by atoms with E-state index in [9.17, 15) is 18.0 Å². The zero-order valence-corrected chi connectivity index (χ0v) is 17.6. The van der Waals surface area contributed by atoms with Crippen LogP contribution in [0, 0.1) is 13.8 Å². The van der Waals surface area contributed by atoms with Gasteiger partial charge in [0.15, 0.2) is 5.76 Å². The van der Waals surface area contributed by atoms with Crippen molar-refractivity contribution < 1.29 is 22.5 Å². The standard InChI is InChI=1S/C17H29N5O5S/c1-5-6-18-15(23)11-21-7-9-22(10-8-21)17(24)13(3)20-28(25,26)16-12(2)19-27-14(16)4/h13,20H,5-11H2,1-4H3,(H,18,23)/t13-/m0/s1. The minimum absolute atomic E-state index is 0.0257. The monoisotopic (exact) mass is 415 g/mol. The van der Waals surface area contributed by atoms with Crippen molar-refractivity contribution in [2.75, 3.05) is 39.3 Å². The van der Waals surface area contributed by atoms with E-state index in [1.807, 2.05) is 11.8 Å². The Labute approximate surface area is 165 Å². The molecule has 0 bridgehead atoms. The number of aromatic nitrogens is 1. The number of carbonyl (C=O) groups is 2. The summed E-state index contributed by atoms with van der Waals surface area (Å²) in [5.41, 5.74) is 0.250. The van der Waals surface area contributed by atoms with Gasteiger partial charge >= 0.3 is 0 Å². The molecule has 2 heterocycles. The molecule has 1 saturated heterocycles. The number of piperazine rings is 1. The van der Waals surface area contributed by atoms with Crippen LogP contribution in [-0.2, 0) is 19.6 Å². The highest BCUT2D eigenvalue weighted by molar-refractivity contribution is 7.89. The number of rotatable bonds is 8. The lowest BCUT2D eigenvalue weighted by Crippen LogP contribution is -2.55. The number of nitrogens with zero attached hydrogens (tertiary/aromatic N) is 3. The van der Waals surface area contributed by atoms with Crippen molar-refractivity contribution in [1.82, 2.24) is 25.0 Å². The minimum Gasteiger partial charge on any atom is -0.360 e. The van der Waals surface area contributed by atoms with Gasteiger partial charge in [0, 0.05) is 32.7 Å². The van der Waals surface area contributed by atoms with Crippen molar-refractivity contribution >= 4 is 21.8 Å². The van der Waals surface area contributed by atoms with Gasteiger partial charge in [0.1, 0.15) is 10.6 Å². The zero-order valence-electron chi connectivity index (χ0n) is 16.8. The highest BCUT2D eigenvalue weighted by Gasteiger charge is 2.31. The molecule has 2 rings (SSSR count). The van der Waals surface area contributed by atoms with Crippen LogP contribution in [0.4, 0.5) is 0 Å². The smallest absolute Gasteiger partial charge is 0.246 e. The molecule has 28 heavy (non-hydrogen) atoms. The molecule has 1 aromatic rings. The Kier molecular flexibility index (Phi) is 7.55. The second-order valence-electron chi connectivity index (χ2n) is 6.95. The Balaban J connectivity index is 1.88. The van der Waals surface area contributed by atoms with Crippen molar-refractivity contribution in [3.05, 3.63) is 11.5 Å². The van der Waals surface area contributed by atoms with E-state index in [1.165, 1.54) is 20.8 Å². The average Bonchev–Trinajstić information content (AvgIpc) is 2.98. The summed E-state index contributed by atoms with van der Waals surface area (Å²) in [5, 5.41) is 6.48. The van der Waals surface area contributed by atoms with Gasteiger partial charge in [-0.05, 0) is 27.2 Å². The predicted molar refractivity (Wildman–Crippen MR) is 102 cm³/mol. The molecule has 2 amide bonds.